The Morgan fingerprint density at radius 1 is 1.11 bits per heavy atom. The van der Waals surface area contributed by atoms with Gasteiger partial charge in [-0.3, -0.25) is 9.59 Å². The Kier molecular flexibility index (Phi) is 8.01. The van der Waals surface area contributed by atoms with E-state index in [1.165, 1.54) is 37.7 Å². The van der Waals surface area contributed by atoms with E-state index in [1.54, 1.807) is 0 Å². The van der Waals surface area contributed by atoms with Gasteiger partial charge in [-0.25, -0.2) is 0 Å². The first-order valence-electron chi connectivity index (χ1n) is 14.7. The Hall–Kier alpha value is -1.36. The molecule has 0 aromatic rings. The fourth-order valence-corrected chi connectivity index (χ4v) is 9.22. The number of hydrogen-bond donors (Lipinski definition) is 2. The van der Waals surface area contributed by atoms with E-state index in [4.69, 9.17) is 9.84 Å². The third-order valence-electron chi connectivity index (χ3n) is 11.1. The maximum atomic E-state index is 12.1. The Balaban J connectivity index is 1.40. The second-order valence-corrected chi connectivity index (χ2v) is 13.9. The zero-order valence-corrected chi connectivity index (χ0v) is 23.4. The molecule has 0 unspecified atom stereocenters. The van der Waals surface area contributed by atoms with Crippen LogP contribution in [-0.4, -0.2) is 33.9 Å². The molecule has 0 radical (unpaired) electrons. The van der Waals surface area contributed by atoms with Crippen molar-refractivity contribution in [3.05, 3.63) is 11.6 Å². The molecule has 3 fully saturated rings. The molecule has 0 spiro atoms. The zero-order chi connectivity index (χ0) is 26.3. The highest BCUT2D eigenvalue weighted by atomic mass is 16.5. The van der Waals surface area contributed by atoms with Gasteiger partial charge in [0.1, 0.15) is 6.10 Å². The van der Waals surface area contributed by atoms with Crippen molar-refractivity contribution in [2.24, 2.45) is 40.4 Å². The molecule has 0 saturated heterocycles. The molecule has 3 saturated carbocycles. The summed E-state index contributed by atoms with van der Waals surface area (Å²) in [5, 5.41) is 19.0. The minimum Gasteiger partial charge on any atom is -0.481 e. The second-order valence-electron chi connectivity index (χ2n) is 13.9. The van der Waals surface area contributed by atoms with Crippen LogP contribution in [-0.2, 0) is 14.3 Å². The maximum absolute atomic E-state index is 12.1. The first-order chi connectivity index (χ1) is 16.8. The van der Waals surface area contributed by atoms with Crippen molar-refractivity contribution >= 4 is 11.9 Å². The van der Waals surface area contributed by atoms with Gasteiger partial charge in [0.2, 0.25) is 0 Å². The van der Waals surface area contributed by atoms with Gasteiger partial charge >= 0.3 is 11.9 Å². The van der Waals surface area contributed by atoms with Crippen molar-refractivity contribution in [3.8, 4) is 0 Å². The molecule has 5 nitrogen and oxygen atoms in total. The van der Waals surface area contributed by atoms with Gasteiger partial charge in [-0.05, 0) is 106 Å². The summed E-state index contributed by atoms with van der Waals surface area (Å²) >= 11 is 0. The number of rotatable bonds is 9. The summed E-state index contributed by atoms with van der Waals surface area (Å²) in [4.78, 5) is 22.9. The largest absolute Gasteiger partial charge is 0.481 e. The molecule has 4 aliphatic carbocycles. The first-order valence-corrected chi connectivity index (χ1v) is 14.7. The minimum absolute atomic E-state index is 0.0372. The standard InChI is InChI=1S/C31H50O5/c1-20(7-6-16-29(2,3)35)24-10-11-25-23-9-8-21-19-22(36-28(34)13-12-27(32)33)14-17-30(21,4)26(23)15-18-31(24,25)5/h8,20,22-26,35H,6-7,9-19H2,1-5H3,(H,32,33)/t20-,22+,23+,24-,25+,26+,30+,31-/m1/s1. The molecule has 5 heteroatoms. The molecular weight excluding hydrogens is 452 g/mol. The number of aliphatic carboxylic acids is 1. The monoisotopic (exact) mass is 502 g/mol. The number of fused-ring (bicyclic) bond motifs is 5. The lowest BCUT2D eigenvalue weighted by molar-refractivity contribution is -0.154. The number of carbonyl (C=O) groups excluding carboxylic acids is 1. The van der Waals surface area contributed by atoms with Crippen molar-refractivity contribution < 1.29 is 24.5 Å². The van der Waals surface area contributed by atoms with Crippen LogP contribution in [0.2, 0.25) is 0 Å². The third-order valence-corrected chi connectivity index (χ3v) is 11.1. The maximum Gasteiger partial charge on any atom is 0.306 e. The first kappa shape index (κ1) is 27.7. The summed E-state index contributed by atoms with van der Waals surface area (Å²) in [6.07, 6.45) is 14.7. The number of carboxylic acids is 1. The van der Waals surface area contributed by atoms with E-state index in [9.17, 15) is 14.7 Å². The average molecular weight is 503 g/mol. The Bertz CT molecular complexity index is 856. The smallest absolute Gasteiger partial charge is 0.306 e. The summed E-state index contributed by atoms with van der Waals surface area (Å²) in [5.41, 5.74) is 1.58. The fraction of sp³-hybridized carbons (Fsp3) is 0.871. The fourth-order valence-electron chi connectivity index (χ4n) is 9.22. The summed E-state index contributed by atoms with van der Waals surface area (Å²) in [6, 6.07) is 0. The zero-order valence-electron chi connectivity index (χ0n) is 23.4. The van der Waals surface area contributed by atoms with Crippen LogP contribution in [0.4, 0.5) is 0 Å². The lowest BCUT2D eigenvalue weighted by atomic mass is 9.47. The second kappa shape index (κ2) is 10.4. The van der Waals surface area contributed by atoms with Gasteiger partial charge in [0.15, 0.2) is 0 Å². The number of allylic oxidation sites excluding steroid dienone is 1. The van der Waals surface area contributed by atoms with Gasteiger partial charge < -0.3 is 14.9 Å². The van der Waals surface area contributed by atoms with Crippen molar-refractivity contribution in [3.63, 3.8) is 0 Å². The van der Waals surface area contributed by atoms with Gasteiger partial charge in [-0.2, -0.15) is 0 Å². The molecule has 204 valence electrons. The predicted octanol–water partition coefficient (Wildman–Crippen LogP) is 6.92. The summed E-state index contributed by atoms with van der Waals surface area (Å²) in [6.45, 7) is 11.4. The molecule has 4 rings (SSSR count). The molecule has 0 aromatic carbocycles. The lowest BCUT2D eigenvalue weighted by Crippen LogP contribution is -2.51. The quantitative estimate of drug-likeness (QED) is 0.264. The molecule has 4 aliphatic rings. The SMILES string of the molecule is C[C@H](CCCC(C)(C)O)[C@H]1CC[C@H]2[C@@H]3CC=C4C[C@@H](OC(=O)CCC(=O)O)CC[C@]4(C)[C@H]3CC[C@]12C. The number of carbonyl (C=O) groups is 2. The predicted molar refractivity (Wildman–Crippen MR) is 141 cm³/mol. The van der Waals surface area contributed by atoms with Crippen LogP contribution in [0.3, 0.4) is 0 Å². The Morgan fingerprint density at radius 2 is 1.86 bits per heavy atom. The van der Waals surface area contributed by atoms with Crippen LogP contribution >= 0.6 is 0 Å². The van der Waals surface area contributed by atoms with Gasteiger partial charge in [0.05, 0.1) is 18.4 Å². The van der Waals surface area contributed by atoms with E-state index in [0.29, 0.717) is 5.41 Å². The van der Waals surface area contributed by atoms with E-state index in [-0.39, 0.29) is 30.3 Å². The van der Waals surface area contributed by atoms with Gasteiger partial charge in [-0.15, -0.1) is 0 Å². The van der Waals surface area contributed by atoms with Crippen molar-refractivity contribution in [2.45, 2.75) is 130 Å². The summed E-state index contributed by atoms with van der Waals surface area (Å²) in [7, 11) is 0. The van der Waals surface area contributed by atoms with Crippen molar-refractivity contribution in [1.29, 1.82) is 0 Å². The van der Waals surface area contributed by atoms with Crippen molar-refractivity contribution in [2.75, 3.05) is 0 Å². The Labute approximate surface area is 218 Å². The van der Waals surface area contributed by atoms with E-state index < -0.39 is 11.6 Å². The van der Waals surface area contributed by atoms with Crippen LogP contribution < -0.4 is 0 Å². The van der Waals surface area contributed by atoms with E-state index in [2.05, 4.69) is 26.8 Å². The van der Waals surface area contributed by atoms with Crippen LogP contribution in [0.15, 0.2) is 11.6 Å². The van der Waals surface area contributed by atoms with Crippen molar-refractivity contribution in [1.82, 2.24) is 0 Å². The normalized spacial score (nSPS) is 38.8. The summed E-state index contributed by atoms with van der Waals surface area (Å²) < 4.78 is 5.69. The number of hydrogen-bond acceptors (Lipinski definition) is 4. The van der Waals surface area contributed by atoms with Gasteiger partial charge in [0.25, 0.3) is 0 Å². The Morgan fingerprint density at radius 3 is 2.56 bits per heavy atom. The highest BCUT2D eigenvalue weighted by molar-refractivity contribution is 5.76. The minimum atomic E-state index is -0.953. The highest BCUT2D eigenvalue weighted by Gasteiger charge is 2.59. The molecule has 2 N–H and O–H groups in total. The number of esters is 1. The summed E-state index contributed by atoms with van der Waals surface area (Å²) in [5.74, 6) is 2.48. The van der Waals surface area contributed by atoms with Crippen LogP contribution in [0.1, 0.15) is 118 Å². The molecule has 8 atom stereocenters. The van der Waals surface area contributed by atoms with Gasteiger partial charge in [-0.1, -0.05) is 45.3 Å². The molecule has 0 aromatic heterocycles. The van der Waals surface area contributed by atoms with E-state index >= 15 is 0 Å². The topological polar surface area (TPSA) is 83.8 Å². The number of ether oxygens (including phenoxy) is 1. The molecule has 36 heavy (non-hydrogen) atoms. The number of carboxylic acid groups (broad SMARTS) is 1. The third kappa shape index (κ3) is 5.56. The van der Waals surface area contributed by atoms with Gasteiger partial charge in [0, 0.05) is 6.42 Å². The molecule has 0 bridgehead atoms. The van der Waals surface area contributed by atoms with Crippen LogP contribution in [0.5, 0.6) is 0 Å². The molecular formula is C31H50O5. The van der Waals surface area contributed by atoms with E-state index in [0.717, 1.165) is 68.1 Å². The van der Waals surface area contributed by atoms with E-state index in [1.807, 2.05) is 13.8 Å². The van der Waals surface area contributed by atoms with Crippen LogP contribution in [0, 0.1) is 40.4 Å². The number of aliphatic hydroxyl groups is 1. The molecule has 0 heterocycles. The molecule has 0 amide bonds. The van der Waals surface area contributed by atoms with Crippen LogP contribution in [0.25, 0.3) is 0 Å². The molecule has 0 aliphatic heterocycles. The lowest BCUT2D eigenvalue weighted by Gasteiger charge is -2.58. The average Bonchev–Trinajstić information content (AvgIpc) is 3.14. The highest BCUT2D eigenvalue weighted by Crippen LogP contribution is 2.67.